The molecule has 0 saturated heterocycles. The predicted molar refractivity (Wildman–Crippen MR) is 338 cm³/mol. The first-order chi connectivity index (χ1) is 39.2. The minimum Gasteiger partial charge on any atom is -0.457 e. The second kappa shape index (κ2) is 19.0. The lowest BCUT2D eigenvalue weighted by Crippen LogP contribution is -2.34. The van der Waals surface area contributed by atoms with E-state index in [1.54, 1.807) is 6.07 Å². The summed E-state index contributed by atoms with van der Waals surface area (Å²) in [6.07, 6.45) is 4.28. The normalized spacial score (nSPS) is 15.6. The molecule has 0 fully saturated rings. The second-order valence-electron chi connectivity index (χ2n) is 26.8. The van der Waals surface area contributed by atoms with Gasteiger partial charge in [0, 0.05) is 50.9 Å². The van der Waals surface area contributed by atoms with Gasteiger partial charge in [0.05, 0.1) is 28.2 Å². The van der Waals surface area contributed by atoms with E-state index in [1.165, 1.54) is 33.4 Å². The number of fused-ring (bicyclic) bond motifs is 5. The van der Waals surface area contributed by atoms with Gasteiger partial charge in [-0.25, -0.2) is 4.98 Å². The maximum Gasteiger partial charge on any atom is 0.503 e. The van der Waals surface area contributed by atoms with Crippen LogP contribution in [0, 0.1) is 6.85 Å². The lowest BCUT2D eigenvalue weighted by molar-refractivity contribution is 0.332. The summed E-state index contributed by atoms with van der Waals surface area (Å²) in [7, 11) is 0. The predicted octanol–water partition coefficient (Wildman–Crippen LogP) is 20.4. The number of hydrogen-bond acceptors (Lipinski definition) is 2. The Labute approximate surface area is 478 Å². The molecule has 1 aliphatic heterocycles. The van der Waals surface area contributed by atoms with Crippen molar-refractivity contribution in [1.29, 1.82) is 0 Å². The van der Waals surface area contributed by atoms with Gasteiger partial charge in [-0.3, -0.25) is 4.57 Å². The van der Waals surface area contributed by atoms with E-state index in [0.29, 0.717) is 28.3 Å². The van der Waals surface area contributed by atoms with Gasteiger partial charge in [-0.15, -0.1) is 0 Å². The first kappa shape index (κ1) is 49.0. The average Bonchev–Trinajstić information content (AvgIpc) is 2.25. The van der Waals surface area contributed by atoms with Crippen LogP contribution in [0.1, 0.15) is 140 Å². The maximum atomic E-state index is 8.74. The van der Waals surface area contributed by atoms with E-state index in [1.807, 2.05) is 42.5 Å². The number of hydrogen-bond donors (Lipinski definition) is 0. The van der Waals surface area contributed by atoms with Gasteiger partial charge < -0.3 is 4.74 Å². The van der Waals surface area contributed by atoms with E-state index >= 15 is 0 Å². The Morgan fingerprint density at radius 3 is 1.86 bits per heavy atom. The van der Waals surface area contributed by atoms with Crippen molar-refractivity contribution in [2.75, 3.05) is 0 Å². The van der Waals surface area contributed by atoms with Crippen LogP contribution in [0.15, 0.2) is 182 Å². The summed E-state index contributed by atoms with van der Waals surface area (Å²) in [6, 6.07) is 65.6. The van der Waals surface area contributed by atoms with E-state index in [4.69, 9.17) is 13.8 Å². The van der Waals surface area contributed by atoms with Crippen molar-refractivity contribution >= 4 is 50.6 Å². The molecule has 8 aromatic carbocycles. The Morgan fingerprint density at radius 2 is 1.16 bits per heavy atom. The summed E-state index contributed by atoms with van der Waals surface area (Å²) in [6.45, 7) is 27.7. The molecule has 80 heavy (non-hydrogen) atoms. The highest BCUT2D eigenvalue weighted by atomic mass is 16.5. The Hall–Kier alpha value is -8.11. The molecule has 0 unspecified atom stereocenters. The molecule has 0 atom stereocenters. The molecule has 0 bridgehead atoms. The number of benzene rings is 8. The highest BCUT2D eigenvalue weighted by Crippen LogP contribution is 2.52. The van der Waals surface area contributed by atoms with Gasteiger partial charge in [0.25, 0.3) is 11.4 Å². The molecule has 0 amide bonds. The summed E-state index contributed by atoms with van der Waals surface area (Å²) in [5.74, 6) is 1.95. The van der Waals surface area contributed by atoms with Gasteiger partial charge >= 0.3 is 6.01 Å². The van der Waals surface area contributed by atoms with Crippen molar-refractivity contribution in [3.63, 3.8) is 0 Å². The molecule has 0 N–H and O–H groups in total. The summed E-state index contributed by atoms with van der Waals surface area (Å²) in [5.41, 5.74) is 18.8. The van der Waals surface area contributed by atoms with E-state index in [9.17, 15) is 0 Å². The van der Waals surface area contributed by atoms with Crippen LogP contribution < -0.4 is 13.9 Å². The molecule has 0 saturated carbocycles. The fraction of sp³-hybridized carbons (Fsp3) is 0.280. The van der Waals surface area contributed by atoms with Crippen molar-refractivity contribution in [3.8, 4) is 50.7 Å². The second-order valence-corrected chi connectivity index (χ2v) is 26.8. The zero-order valence-corrected chi connectivity index (χ0v) is 48.9. The molecule has 0 radical (unpaired) electrons. The van der Waals surface area contributed by atoms with Crippen LogP contribution in [0.5, 0.6) is 11.5 Å². The lowest BCUT2D eigenvalue weighted by Gasteiger charge is -2.43. The number of aryl methyl sites for hydroxylation is 1. The standard InChI is InChI=1S/C75H76N4O/c1-48-24-20-35-65-68(48)59-37-36-55(44-66(59)79(65)67-45-62(73(8,9)10)60(46-76-67)58-31-23-32-61-69(58)75(13,14)39-38-74(61,11)12)80-54-28-21-27-53(43-54)77-47-78(64-34-19-18-33-63(64)77)70-56(49-25-16-15-17-26-49)29-22-30-57(70)50-40-51(71(2,3)4)42-52(41-50)72(5,6)7/h15-37,40-46H,38-39H2,1-14H3/q+2/i1D3. The molecule has 2 aromatic heterocycles. The van der Waals surface area contributed by atoms with E-state index in [0.717, 1.165) is 79.8 Å². The Balaban J connectivity index is 1.00. The molecule has 12 rings (SSSR count). The Kier molecular flexibility index (Phi) is 11.6. The molecule has 10 aromatic rings. The fourth-order valence-electron chi connectivity index (χ4n) is 12.5. The van der Waals surface area contributed by atoms with Crippen LogP contribution in [0.2, 0.25) is 0 Å². The SMILES string of the molecule is [2H]C([2H])([2H])c1cccc2c1c1ccc(Oc3cccc([N+]4=C=[N+](c5c(-c6ccccc6)cccc5-c5cc(C(C)(C)C)cc(C(C)(C)C)c5)c5ccccc54)c3)cc1n2-c1cc(C(C)(C)C)c(-c2cccc3c2C(C)(C)CCC3(C)C)cn1. The smallest absolute Gasteiger partial charge is 0.457 e. The summed E-state index contributed by atoms with van der Waals surface area (Å²) < 4.78 is 39.6. The summed E-state index contributed by atoms with van der Waals surface area (Å²) >= 11 is 0. The van der Waals surface area contributed by atoms with Gasteiger partial charge in [-0.1, -0.05) is 193 Å². The number of ether oxygens (including phenoxy) is 1. The Morgan fingerprint density at radius 1 is 0.537 bits per heavy atom. The van der Waals surface area contributed by atoms with Gasteiger partial charge in [-0.2, -0.15) is 0 Å². The van der Waals surface area contributed by atoms with Gasteiger partial charge in [0.1, 0.15) is 17.3 Å². The zero-order valence-electron chi connectivity index (χ0n) is 51.9. The van der Waals surface area contributed by atoms with Crippen molar-refractivity contribution < 1.29 is 8.85 Å². The lowest BCUT2D eigenvalue weighted by atomic mass is 9.61. The fourth-order valence-corrected chi connectivity index (χ4v) is 12.5. The molecule has 400 valence electrons. The van der Waals surface area contributed by atoms with E-state index in [-0.39, 0.29) is 27.1 Å². The third-order valence-corrected chi connectivity index (χ3v) is 17.0. The molecule has 0 spiro atoms. The van der Waals surface area contributed by atoms with Gasteiger partial charge in [-0.05, 0) is 148 Å². The number of aromatic nitrogens is 2. The minimum absolute atomic E-state index is 0.0190. The minimum atomic E-state index is -2.36. The van der Waals surface area contributed by atoms with Crippen LogP contribution in [0.25, 0.3) is 61.0 Å². The number of pyridine rings is 1. The monoisotopic (exact) mass is 1050 g/mol. The Bertz CT molecular complexity index is 4290. The van der Waals surface area contributed by atoms with Crippen LogP contribution in [-0.4, -0.2) is 15.6 Å². The van der Waals surface area contributed by atoms with Crippen LogP contribution in [0.3, 0.4) is 0 Å². The topological polar surface area (TPSA) is 33.1 Å². The molecular formula is C75H76N4O+2. The number of nitrogens with zero attached hydrogens (tertiary/aromatic N) is 4. The van der Waals surface area contributed by atoms with E-state index < -0.39 is 6.85 Å². The molecule has 2 aliphatic rings. The van der Waals surface area contributed by atoms with Crippen LogP contribution >= 0.6 is 0 Å². The van der Waals surface area contributed by atoms with Crippen molar-refractivity contribution in [2.45, 2.75) is 137 Å². The van der Waals surface area contributed by atoms with Crippen molar-refractivity contribution in [1.82, 2.24) is 18.7 Å². The third-order valence-electron chi connectivity index (χ3n) is 17.0. The largest absolute Gasteiger partial charge is 0.503 e. The van der Waals surface area contributed by atoms with Gasteiger partial charge in [0.15, 0.2) is 0 Å². The first-order valence-electron chi connectivity index (χ1n) is 30.0. The van der Waals surface area contributed by atoms with Crippen molar-refractivity contribution in [2.24, 2.45) is 0 Å². The zero-order chi connectivity index (χ0) is 58.8. The average molecular weight is 1050 g/mol. The van der Waals surface area contributed by atoms with Crippen LogP contribution in [-0.2, 0) is 27.1 Å². The van der Waals surface area contributed by atoms with Gasteiger partial charge in [0.2, 0.25) is 11.4 Å². The van der Waals surface area contributed by atoms with E-state index in [2.05, 4.69) is 243 Å². The molecule has 3 heterocycles. The quantitative estimate of drug-likeness (QED) is 0.142. The van der Waals surface area contributed by atoms with Crippen LogP contribution in [0.4, 0.5) is 22.7 Å². The summed E-state index contributed by atoms with van der Waals surface area (Å²) in [5, 5.41) is 1.49. The maximum absolute atomic E-state index is 8.74. The first-order valence-corrected chi connectivity index (χ1v) is 28.5. The molecule has 1 aliphatic carbocycles. The molecule has 5 heteroatoms. The molecule has 5 nitrogen and oxygen atoms in total. The highest BCUT2D eigenvalue weighted by molar-refractivity contribution is 6.11. The number of para-hydroxylation sites is 3. The third kappa shape index (κ3) is 9.20. The van der Waals surface area contributed by atoms with Crippen molar-refractivity contribution in [3.05, 3.63) is 216 Å². The summed E-state index contributed by atoms with van der Waals surface area (Å²) in [4.78, 5) is 5.35. The highest BCUT2D eigenvalue weighted by Gasteiger charge is 2.41. The molecular weight excluding hydrogens is 973 g/mol. The number of rotatable bonds is 8.